The van der Waals surface area contributed by atoms with Crippen LogP contribution >= 0.6 is 0 Å². The van der Waals surface area contributed by atoms with Crippen molar-refractivity contribution >= 4 is 16.6 Å². The summed E-state index contributed by atoms with van der Waals surface area (Å²) in [4.78, 5) is 22.4. The Morgan fingerprint density at radius 3 is 2.62 bits per heavy atom. The van der Waals surface area contributed by atoms with Gasteiger partial charge in [0.05, 0.1) is 23.7 Å². The normalized spacial score (nSPS) is 13.4. The molecule has 1 aromatic carbocycles. The van der Waals surface area contributed by atoms with Crippen molar-refractivity contribution in [3.8, 4) is 11.5 Å². The summed E-state index contributed by atoms with van der Waals surface area (Å²) in [5.74, 6) is 0.552. The molecule has 9 heteroatoms. The minimum absolute atomic E-state index is 0.168. The van der Waals surface area contributed by atoms with Crippen molar-refractivity contribution in [3.63, 3.8) is 0 Å². The number of hydrogen-bond acceptors (Lipinski definition) is 7. The number of imidazole rings is 1. The average Bonchev–Trinajstić information content (AvgIpc) is 3.36. The number of benzene rings is 1. The molecular formula is C20H23N5O4. The largest absolute Gasteiger partial charge is 0.383 e. The zero-order valence-corrected chi connectivity index (χ0v) is 17.0. The molecule has 1 unspecified atom stereocenters. The van der Waals surface area contributed by atoms with Crippen LogP contribution in [0, 0.1) is 0 Å². The van der Waals surface area contributed by atoms with E-state index in [0.29, 0.717) is 23.7 Å². The highest BCUT2D eigenvalue weighted by Crippen LogP contribution is 2.27. The van der Waals surface area contributed by atoms with E-state index in [-0.39, 0.29) is 17.4 Å². The van der Waals surface area contributed by atoms with Gasteiger partial charge >= 0.3 is 0 Å². The molecule has 1 atom stereocenters. The maximum absolute atomic E-state index is 13.5. The number of para-hydroxylation sites is 2. The Morgan fingerprint density at radius 1 is 1.21 bits per heavy atom. The van der Waals surface area contributed by atoms with Crippen LogP contribution < -0.4 is 5.56 Å². The van der Waals surface area contributed by atoms with E-state index in [1.54, 1.807) is 29.5 Å². The van der Waals surface area contributed by atoms with E-state index in [9.17, 15) is 4.79 Å². The molecule has 0 N–H and O–H groups in total. The summed E-state index contributed by atoms with van der Waals surface area (Å²) in [6.07, 6.45) is 1.61. The molecule has 9 nitrogen and oxygen atoms in total. The molecule has 0 spiro atoms. The van der Waals surface area contributed by atoms with Gasteiger partial charge in [0.15, 0.2) is 0 Å². The number of hydrogen-bond donors (Lipinski definition) is 0. The van der Waals surface area contributed by atoms with Gasteiger partial charge in [0.2, 0.25) is 5.82 Å². The van der Waals surface area contributed by atoms with Crippen LogP contribution in [0.2, 0.25) is 0 Å². The molecule has 0 radical (unpaired) electrons. The van der Waals surface area contributed by atoms with E-state index in [4.69, 9.17) is 14.0 Å². The second-order valence-electron chi connectivity index (χ2n) is 7.42. The first-order valence-electron chi connectivity index (χ1n) is 9.28. The summed E-state index contributed by atoms with van der Waals surface area (Å²) in [6.45, 7) is 5.99. The smallest absolute Gasteiger partial charge is 0.278 e. The third-order valence-corrected chi connectivity index (χ3v) is 5.10. The van der Waals surface area contributed by atoms with Crippen molar-refractivity contribution in [1.82, 2.24) is 24.1 Å². The van der Waals surface area contributed by atoms with Crippen molar-refractivity contribution in [2.24, 2.45) is 0 Å². The van der Waals surface area contributed by atoms with E-state index in [1.165, 1.54) is 0 Å². The van der Waals surface area contributed by atoms with Crippen molar-refractivity contribution in [2.75, 3.05) is 20.8 Å². The lowest BCUT2D eigenvalue weighted by atomic mass is 10.1. The van der Waals surface area contributed by atoms with Crippen LogP contribution in [0.15, 0.2) is 39.9 Å². The zero-order chi connectivity index (χ0) is 20.8. The van der Waals surface area contributed by atoms with Crippen molar-refractivity contribution < 1.29 is 14.0 Å². The van der Waals surface area contributed by atoms with Crippen LogP contribution in [0.25, 0.3) is 28.1 Å². The summed E-state index contributed by atoms with van der Waals surface area (Å²) in [5.41, 5.74) is 1.45. The molecular weight excluding hydrogens is 374 g/mol. The fourth-order valence-corrected chi connectivity index (χ4v) is 3.40. The number of rotatable bonds is 6. The van der Waals surface area contributed by atoms with Gasteiger partial charge in [-0.1, -0.05) is 17.3 Å². The van der Waals surface area contributed by atoms with E-state index in [0.717, 1.165) is 11.0 Å². The standard InChI is InChI=1S/C20H23N5O4/c1-12(10-27-4)25-14-9-7-6-8-13(14)24-11-21-15(16(24)18(25)26)17-22-19(29-23-17)20(2,3)28-5/h6-9,11-12H,10H2,1-5H3. The summed E-state index contributed by atoms with van der Waals surface area (Å²) in [6, 6.07) is 7.51. The summed E-state index contributed by atoms with van der Waals surface area (Å²) < 4.78 is 19.5. The number of methoxy groups -OCH3 is 2. The fraction of sp³-hybridized carbons (Fsp3) is 0.400. The highest BCUT2D eigenvalue weighted by atomic mass is 16.5. The van der Waals surface area contributed by atoms with Crippen LogP contribution in [0.3, 0.4) is 0 Å². The van der Waals surface area contributed by atoms with Crippen LogP contribution in [0.4, 0.5) is 0 Å². The van der Waals surface area contributed by atoms with Crippen molar-refractivity contribution in [2.45, 2.75) is 32.4 Å². The first kappa shape index (κ1) is 19.3. The lowest BCUT2D eigenvalue weighted by Gasteiger charge is -2.18. The van der Waals surface area contributed by atoms with Gasteiger partial charge in [0, 0.05) is 14.2 Å². The van der Waals surface area contributed by atoms with Crippen LogP contribution in [0.1, 0.15) is 32.7 Å². The Labute approximate surface area is 166 Å². The molecule has 3 heterocycles. The monoisotopic (exact) mass is 397 g/mol. The van der Waals surface area contributed by atoms with E-state index < -0.39 is 5.60 Å². The Bertz CT molecular complexity index is 1240. The SMILES string of the molecule is COCC(C)n1c(=O)c2c(-c3noc(C(C)(C)OC)n3)ncn2c2ccccc21. The van der Waals surface area contributed by atoms with Gasteiger partial charge in [0.25, 0.3) is 11.4 Å². The number of aromatic nitrogens is 5. The van der Waals surface area contributed by atoms with Gasteiger partial charge in [-0.3, -0.25) is 13.8 Å². The van der Waals surface area contributed by atoms with Crippen molar-refractivity contribution in [1.29, 1.82) is 0 Å². The predicted molar refractivity (Wildman–Crippen MR) is 107 cm³/mol. The minimum Gasteiger partial charge on any atom is -0.383 e. The molecule has 152 valence electrons. The third kappa shape index (κ3) is 3.02. The van der Waals surface area contributed by atoms with Gasteiger partial charge in [-0.25, -0.2) is 4.98 Å². The second kappa shape index (κ2) is 7.09. The van der Waals surface area contributed by atoms with Gasteiger partial charge in [-0.15, -0.1) is 0 Å². The van der Waals surface area contributed by atoms with Gasteiger partial charge in [-0.2, -0.15) is 4.98 Å². The average molecular weight is 397 g/mol. The maximum atomic E-state index is 13.5. The van der Waals surface area contributed by atoms with Gasteiger partial charge in [-0.05, 0) is 32.9 Å². The predicted octanol–water partition coefficient (Wildman–Crippen LogP) is 2.79. The zero-order valence-electron chi connectivity index (χ0n) is 17.0. The number of ether oxygens (including phenoxy) is 2. The fourth-order valence-electron chi connectivity index (χ4n) is 3.40. The Balaban J connectivity index is 2.01. The summed E-state index contributed by atoms with van der Waals surface area (Å²) >= 11 is 0. The van der Waals surface area contributed by atoms with Crippen LogP contribution in [-0.4, -0.2) is 44.9 Å². The lowest BCUT2D eigenvalue weighted by Crippen LogP contribution is -2.28. The number of fused-ring (bicyclic) bond motifs is 3. The van der Waals surface area contributed by atoms with Gasteiger partial charge < -0.3 is 14.0 Å². The van der Waals surface area contributed by atoms with Gasteiger partial charge in [0.1, 0.15) is 23.1 Å². The second-order valence-corrected chi connectivity index (χ2v) is 7.42. The van der Waals surface area contributed by atoms with E-state index in [2.05, 4.69) is 15.1 Å². The van der Waals surface area contributed by atoms with E-state index >= 15 is 0 Å². The van der Waals surface area contributed by atoms with Crippen molar-refractivity contribution in [3.05, 3.63) is 46.8 Å². The Hall–Kier alpha value is -3.04. The molecule has 4 aromatic rings. The quantitative estimate of drug-likeness (QED) is 0.493. The van der Waals surface area contributed by atoms with E-state index in [1.807, 2.05) is 45.0 Å². The first-order chi connectivity index (χ1) is 13.9. The molecule has 0 amide bonds. The maximum Gasteiger partial charge on any atom is 0.278 e. The molecule has 0 aliphatic rings. The highest BCUT2D eigenvalue weighted by Gasteiger charge is 2.29. The first-order valence-corrected chi connectivity index (χ1v) is 9.28. The Kier molecular flexibility index (Phi) is 4.71. The summed E-state index contributed by atoms with van der Waals surface area (Å²) in [7, 11) is 3.18. The summed E-state index contributed by atoms with van der Waals surface area (Å²) in [5, 5.41) is 4.04. The highest BCUT2D eigenvalue weighted by molar-refractivity contribution is 5.83. The van der Waals surface area contributed by atoms with Crippen LogP contribution in [-0.2, 0) is 15.1 Å². The lowest BCUT2D eigenvalue weighted by molar-refractivity contribution is -0.00786. The third-order valence-electron chi connectivity index (χ3n) is 5.10. The molecule has 0 aliphatic heterocycles. The number of nitrogens with zero attached hydrogens (tertiary/aromatic N) is 5. The molecule has 0 saturated heterocycles. The topological polar surface area (TPSA) is 96.7 Å². The molecule has 3 aromatic heterocycles. The molecule has 0 saturated carbocycles. The molecule has 0 bridgehead atoms. The molecule has 0 aliphatic carbocycles. The molecule has 29 heavy (non-hydrogen) atoms. The Morgan fingerprint density at radius 2 is 1.93 bits per heavy atom. The minimum atomic E-state index is -0.749. The molecule has 4 rings (SSSR count). The van der Waals surface area contributed by atoms with Crippen LogP contribution in [0.5, 0.6) is 0 Å². The molecule has 0 fully saturated rings.